The average molecular weight is 481 g/mol. The molecule has 1 aliphatic heterocycles. The van der Waals surface area contributed by atoms with Crippen molar-refractivity contribution in [2.24, 2.45) is 0 Å². The van der Waals surface area contributed by atoms with Crippen LogP contribution in [0.4, 0.5) is 5.69 Å². The number of aromatic nitrogens is 2. The molecule has 3 heterocycles. The molecule has 31 heavy (non-hydrogen) atoms. The Labute approximate surface area is 189 Å². The molecule has 0 atom stereocenters. The lowest BCUT2D eigenvalue weighted by Crippen LogP contribution is -2.35. The minimum atomic E-state index is -3.86. The second-order valence-corrected chi connectivity index (χ2v) is 10.6. The smallest absolute Gasteiger partial charge is 0.311 e. The summed E-state index contributed by atoms with van der Waals surface area (Å²) in [7, 11) is -3.86. The van der Waals surface area contributed by atoms with Crippen LogP contribution in [0.15, 0.2) is 33.6 Å². The van der Waals surface area contributed by atoms with Gasteiger partial charge in [-0.2, -0.15) is 0 Å². The number of thiophene rings is 1. The first-order chi connectivity index (χ1) is 14.8. The number of carbonyl (C=O) groups is 1. The Kier molecular flexibility index (Phi) is 6.05. The van der Waals surface area contributed by atoms with E-state index in [0.29, 0.717) is 39.1 Å². The molecule has 1 saturated heterocycles. The van der Waals surface area contributed by atoms with Gasteiger partial charge in [-0.1, -0.05) is 17.7 Å². The number of sulfonamides is 1. The number of hydrogen-bond acceptors (Lipinski definition) is 7. The number of nitrogens with one attached hydrogen (secondary N) is 1. The van der Waals surface area contributed by atoms with Gasteiger partial charge in [0.15, 0.2) is 0 Å². The van der Waals surface area contributed by atoms with E-state index in [4.69, 9.17) is 16.0 Å². The molecule has 1 fully saturated rings. The molecule has 3 aromatic rings. The SMILES string of the molecule is Cc1sc(-c2nnc(C(=O)N3CCCCC3)o2)cc1S(=O)(=O)Nc1cccc(Cl)c1C. The highest BCUT2D eigenvalue weighted by molar-refractivity contribution is 7.93. The fraction of sp³-hybridized carbons (Fsp3) is 0.350. The molecule has 0 radical (unpaired) electrons. The van der Waals surface area contributed by atoms with Gasteiger partial charge >= 0.3 is 11.8 Å². The quantitative estimate of drug-likeness (QED) is 0.576. The Bertz CT molecular complexity index is 1230. The van der Waals surface area contributed by atoms with Gasteiger partial charge in [-0.05, 0) is 56.9 Å². The summed E-state index contributed by atoms with van der Waals surface area (Å²) in [5, 5.41) is 8.31. The summed E-state index contributed by atoms with van der Waals surface area (Å²) in [4.78, 5) is 15.4. The van der Waals surface area contributed by atoms with Crippen molar-refractivity contribution >= 4 is 44.6 Å². The summed E-state index contributed by atoms with van der Waals surface area (Å²) >= 11 is 7.30. The van der Waals surface area contributed by atoms with Gasteiger partial charge in [0, 0.05) is 23.0 Å². The number of carbonyl (C=O) groups excluding carboxylic acids is 1. The summed E-state index contributed by atoms with van der Waals surface area (Å²) in [6.45, 7) is 4.78. The highest BCUT2D eigenvalue weighted by Gasteiger charge is 2.26. The molecule has 1 N–H and O–H groups in total. The molecule has 8 nitrogen and oxygen atoms in total. The number of rotatable bonds is 5. The lowest BCUT2D eigenvalue weighted by Gasteiger charge is -2.24. The summed E-state index contributed by atoms with van der Waals surface area (Å²) < 4.78 is 34.1. The molecular formula is C20H21ClN4O4S2. The van der Waals surface area contributed by atoms with Crippen LogP contribution < -0.4 is 4.72 Å². The highest BCUT2D eigenvalue weighted by Crippen LogP contribution is 2.34. The van der Waals surface area contributed by atoms with Crippen molar-refractivity contribution in [1.29, 1.82) is 0 Å². The Morgan fingerprint density at radius 1 is 1.19 bits per heavy atom. The number of halogens is 1. The van der Waals surface area contributed by atoms with E-state index in [1.165, 1.54) is 17.4 Å². The molecule has 0 aliphatic carbocycles. The lowest BCUT2D eigenvalue weighted by molar-refractivity contribution is 0.0684. The van der Waals surface area contributed by atoms with Gasteiger partial charge in [-0.3, -0.25) is 9.52 Å². The fourth-order valence-corrected chi connectivity index (χ4v) is 6.21. The van der Waals surface area contributed by atoms with E-state index < -0.39 is 10.0 Å². The predicted octanol–water partition coefficient (Wildman–Crippen LogP) is 4.50. The van der Waals surface area contributed by atoms with Crippen molar-refractivity contribution in [3.63, 3.8) is 0 Å². The Balaban J connectivity index is 1.58. The number of hydrogen-bond donors (Lipinski definition) is 1. The van der Waals surface area contributed by atoms with E-state index in [9.17, 15) is 13.2 Å². The number of anilines is 1. The third-order valence-electron chi connectivity index (χ3n) is 5.14. The first kappa shape index (κ1) is 21.8. The summed E-state index contributed by atoms with van der Waals surface area (Å²) in [5.74, 6) is -0.258. The number of piperidine rings is 1. The maximum Gasteiger partial charge on any atom is 0.311 e. The van der Waals surface area contributed by atoms with Gasteiger partial charge in [0.2, 0.25) is 0 Å². The molecule has 0 unspecified atom stereocenters. The molecule has 0 saturated carbocycles. The highest BCUT2D eigenvalue weighted by atomic mass is 35.5. The Hall–Kier alpha value is -2.43. The van der Waals surface area contributed by atoms with Crippen molar-refractivity contribution in [2.45, 2.75) is 38.0 Å². The first-order valence-electron chi connectivity index (χ1n) is 9.78. The van der Waals surface area contributed by atoms with Gasteiger partial charge in [-0.25, -0.2) is 8.42 Å². The summed E-state index contributed by atoms with van der Waals surface area (Å²) in [6, 6.07) is 6.50. The van der Waals surface area contributed by atoms with Crippen LogP contribution in [0.2, 0.25) is 5.02 Å². The van der Waals surface area contributed by atoms with Gasteiger partial charge in [0.1, 0.15) is 4.90 Å². The number of nitrogens with zero attached hydrogens (tertiary/aromatic N) is 3. The molecule has 164 valence electrons. The van der Waals surface area contributed by atoms with Crippen molar-refractivity contribution in [2.75, 3.05) is 17.8 Å². The zero-order chi connectivity index (χ0) is 22.2. The van der Waals surface area contributed by atoms with Gasteiger partial charge in [0.25, 0.3) is 15.9 Å². The van der Waals surface area contributed by atoms with E-state index >= 15 is 0 Å². The zero-order valence-electron chi connectivity index (χ0n) is 17.0. The summed E-state index contributed by atoms with van der Waals surface area (Å²) in [5.41, 5.74) is 1.05. The van der Waals surface area contributed by atoms with Crippen molar-refractivity contribution < 1.29 is 17.6 Å². The second kappa shape index (κ2) is 8.60. The molecule has 1 aliphatic rings. The third-order valence-corrected chi connectivity index (χ3v) is 8.20. The number of amides is 1. The molecule has 0 bridgehead atoms. The van der Waals surface area contributed by atoms with Gasteiger partial charge < -0.3 is 9.32 Å². The van der Waals surface area contributed by atoms with Crippen LogP contribution in [0, 0.1) is 13.8 Å². The number of aryl methyl sites for hydroxylation is 1. The largest absolute Gasteiger partial charge is 0.411 e. The van der Waals surface area contributed by atoms with Crippen LogP contribution in [-0.2, 0) is 10.0 Å². The van der Waals surface area contributed by atoms with Crippen molar-refractivity contribution in [3.05, 3.63) is 45.6 Å². The van der Waals surface area contributed by atoms with E-state index in [1.807, 2.05) is 0 Å². The van der Waals surface area contributed by atoms with Crippen LogP contribution >= 0.6 is 22.9 Å². The van der Waals surface area contributed by atoms with Crippen LogP contribution in [-0.4, -0.2) is 42.5 Å². The van der Waals surface area contributed by atoms with Crippen LogP contribution in [0.3, 0.4) is 0 Å². The van der Waals surface area contributed by atoms with Crippen molar-refractivity contribution in [3.8, 4) is 10.8 Å². The van der Waals surface area contributed by atoms with Crippen LogP contribution in [0.25, 0.3) is 10.8 Å². The zero-order valence-corrected chi connectivity index (χ0v) is 19.4. The standard InChI is InChI=1S/C20H21ClN4O4S2/c1-12-14(21)7-6-8-15(12)24-31(27,28)17-11-16(30-13(17)2)18-22-23-19(29-18)20(26)25-9-4-3-5-10-25/h6-8,11,24H,3-5,9-10H2,1-2H3. The summed E-state index contributed by atoms with van der Waals surface area (Å²) in [6.07, 6.45) is 3.02. The van der Waals surface area contributed by atoms with E-state index in [-0.39, 0.29) is 22.6 Å². The normalized spacial score (nSPS) is 14.6. The minimum absolute atomic E-state index is 0.0833. The Morgan fingerprint density at radius 2 is 1.94 bits per heavy atom. The molecule has 11 heteroatoms. The number of benzene rings is 1. The average Bonchev–Trinajstić information content (AvgIpc) is 3.39. The topological polar surface area (TPSA) is 105 Å². The maximum absolute atomic E-state index is 13.0. The van der Waals surface area contributed by atoms with Gasteiger partial charge in [-0.15, -0.1) is 21.5 Å². The Morgan fingerprint density at radius 3 is 2.68 bits per heavy atom. The molecule has 0 spiro atoms. The third kappa shape index (κ3) is 4.46. The van der Waals surface area contributed by atoms with Crippen LogP contribution in [0.5, 0.6) is 0 Å². The molecule has 1 aromatic carbocycles. The molecule has 4 rings (SSSR count). The predicted molar refractivity (Wildman–Crippen MR) is 119 cm³/mol. The van der Waals surface area contributed by atoms with Crippen molar-refractivity contribution in [1.82, 2.24) is 15.1 Å². The molecule has 2 aromatic heterocycles. The fourth-order valence-electron chi connectivity index (χ4n) is 3.40. The molecular weight excluding hydrogens is 460 g/mol. The van der Waals surface area contributed by atoms with Gasteiger partial charge in [0.05, 0.1) is 10.6 Å². The second-order valence-electron chi connectivity index (χ2n) is 7.31. The monoisotopic (exact) mass is 480 g/mol. The maximum atomic E-state index is 13.0. The minimum Gasteiger partial charge on any atom is -0.411 e. The van der Waals surface area contributed by atoms with E-state index in [1.54, 1.807) is 36.9 Å². The number of likely N-dealkylation sites (tertiary alicyclic amines) is 1. The lowest BCUT2D eigenvalue weighted by atomic mass is 10.1. The first-order valence-corrected chi connectivity index (χ1v) is 12.5. The van der Waals surface area contributed by atoms with E-state index in [2.05, 4.69) is 14.9 Å². The van der Waals surface area contributed by atoms with E-state index in [0.717, 1.165) is 19.3 Å². The van der Waals surface area contributed by atoms with Crippen LogP contribution in [0.1, 0.15) is 40.4 Å². The molecule has 1 amide bonds.